The summed E-state index contributed by atoms with van der Waals surface area (Å²) in [4.78, 5) is 25.1. The summed E-state index contributed by atoms with van der Waals surface area (Å²) in [7, 11) is 0. The highest BCUT2D eigenvalue weighted by atomic mass is 16.5. The minimum atomic E-state index is -1.34. The minimum Gasteiger partial charge on any atom is -0.462 e. The fourth-order valence-electron chi connectivity index (χ4n) is 9.36. The fraction of sp³-hybridized carbons (Fsp3) is 0.931. The first-order chi connectivity index (χ1) is 15.4. The van der Waals surface area contributed by atoms with Crippen LogP contribution < -0.4 is 0 Å². The molecule has 0 aliphatic heterocycles. The molecule has 0 amide bonds. The summed E-state index contributed by atoms with van der Waals surface area (Å²) >= 11 is 0. The van der Waals surface area contributed by atoms with Crippen LogP contribution in [0.3, 0.4) is 0 Å². The van der Waals surface area contributed by atoms with Gasteiger partial charge >= 0.3 is 5.97 Å². The summed E-state index contributed by atoms with van der Waals surface area (Å²) in [6, 6.07) is 0. The van der Waals surface area contributed by atoms with Crippen molar-refractivity contribution in [1.82, 2.24) is 0 Å². The second kappa shape index (κ2) is 8.95. The van der Waals surface area contributed by atoms with Crippen LogP contribution in [0.4, 0.5) is 0 Å². The van der Waals surface area contributed by atoms with Gasteiger partial charge in [0.2, 0.25) is 0 Å². The maximum absolute atomic E-state index is 13.6. The first-order valence-electron chi connectivity index (χ1n) is 13.8. The molecule has 4 nitrogen and oxygen atoms in total. The van der Waals surface area contributed by atoms with Gasteiger partial charge in [-0.15, -0.1) is 0 Å². The van der Waals surface area contributed by atoms with E-state index in [0.717, 1.165) is 37.0 Å². The van der Waals surface area contributed by atoms with E-state index in [1.807, 2.05) is 0 Å². The lowest BCUT2D eigenvalue weighted by Crippen LogP contribution is -2.67. The second-order valence-electron chi connectivity index (χ2n) is 13.3. The lowest BCUT2D eigenvalue weighted by atomic mass is 9.42. The van der Waals surface area contributed by atoms with E-state index in [0.29, 0.717) is 29.6 Å². The molecule has 0 saturated heterocycles. The van der Waals surface area contributed by atoms with E-state index in [1.54, 1.807) is 0 Å². The summed E-state index contributed by atoms with van der Waals surface area (Å²) in [5.74, 6) is 3.39. The van der Waals surface area contributed by atoms with Crippen molar-refractivity contribution in [3.63, 3.8) is 0 Å². The molecule has 0 aromatic heterocycles. The van der Waals surface area contributed by atoms with Crippen LogP contribution in [0.5, 0.6) is 0 Å². The zero-order valence-corrected chi connectivity index (χ0v) is 22.0. The molecule has 0 aromatic carbocycles. The average molecular weight is 461 g/mol. The standard InChI is InChI=1S/C29H48O4/c1-18(2)8-7-9-19(3)23-10-11-24-22-16-26(31)29(32)17-21(33-20(4)30)12-15-28(29,6)25(22)13-14-27(23,24)5/h18-19,21-25,32H,7-17H2,1-6H3/t19-,21+,22-,23-,24+,25+,27-,28-,29+/m1/s1. The predicted octanol–water partition coefficient (Wildman–Crippen LogP) is 6.33. The third-order valence-corrected chi connectivity index (χ3v) is 11.1. The molecule has 0 radical (unpaired) electrons. The van der Waals surface area contributed by atoms with Crippen molar-refractivity contribution in [2.75, 3.05) is 0 Å². The van der Waals surface area contributed by atoms with E-state index in [-0.39, 0.29) is 24.3 Å². The first kappa shape index (κ1) is 25.2. The van der Waals surface area contributed by atoms with Crippen molar-refractivity contribution in [3.8, 4) is 0 Å². The molecule has 4 fully saturated rings. The third kappa shape index (κ3) is 4.10. The van der Waals surface area contributed by atoms with E-state index in [9.17, 15) is 14.7 Å². The number of Topliss-reactive ketones (excluding diaryl/α,β-unsaturated/α-hetero) is 1. The number of ether oxygens (including phenoxy) is 1. The number of aliphatic hydroxyl groups is 1. The molecule has 9 atom stereocenters. The fourth-order valence-corrected chi connectivity index (χ4v) is 9.36. The summed E-state index contributed by atoms with van der Waals surface area (Å²) in [5.41, 5.74) is -1.41. The first-order valence-corrected chi connectivity index (χ1v) is 13.8. The van der Waals surface area contributed by atoms with Gasteiger partial charge in [-0.25, -0.2) is 0 Å². The number of ketones is 1. The van der Waals surface area contributed by atoms with Gasteiger partial charge in [0.15, 0.2) is 5.78 Å². The molecule has 0 spiro atoms. The van der Waals surface area contributed by atoms with Crippen molar-refractivity contribution in [1.29, 1.82) is 0 Å². The molecule has 4 aliphatic carbocycles. The normalized spacial score (nSPS) is 45.8. The predicted molar refractivity (Wildman–Crippen MR) is 130 cm³/mol. The van der Waals surface area contributed by atoms with Crippen LogP contribution in [0.2, 0.25) is 0 Å². The summed E-state index contributed by atoms with van der Waals surface area (Å²) in [6.07, 6.45) is 10.9. The molecule has 33 heavy (non-hydrogen) atoms. The van der Waals surface area contributed by atoms with Gasteiger partial charge in [0.1, 0.15) is 11.7 Å². The topological polar surface area (TPSA) is 63.6 Å². The number of hydrogen-bond acceptors (Lipinski definition) is 4. The van der Waals surface area contributed by atoms with Gasteiger partial charge < -0.3 is 9.84 Å². The number of esters is 1. The number of hydrogen-bond donors (Lipinski definition) is 1. The molecule has 1 N–H and O–H groups in total. The number of carbonyl (C=O) groups excluding carboxylic acids is 2. The summed E-state index contributed by atoms with van der Waals surface area (Å²) in [6.45, 7) is 13.2. The largest absolute Gasteiger partial charge is 0.462 e. The molecule has 0 bridgehead atoms. The Kier molecular flexibility index (Phi) is 6.84. The van der Waals surface area contributed by atoms with Gasteiger partial charge in [-0.05, 0) is 79.4 Å². The minimum absolute atomic E-state index is 0.0146. The van der Waals surface area contributed by atoms with Crippen molar-refractivity contribution >= 4 is 11.8 Å². The third-order valence-electron chi connectivity index (χ3n) is 11.1. The molecule has 0 aromatic rings. The Labute approximate surface area is 201 Å². The van der Waals surface area contributed by atoms with Crippen molar-refractivity contribution in [2.24, 2.45) is 46.3 Å². The Morgan fingerprint density at radius 2 is 1.79 bits per heavy atom. The molecule has 4 saturated carbocycles. The molecule has 4 aliphatic rings. The smallest absolute Gasteiger partial charge is 0.302 e. The van der Waals surface area contributed by atoms with Crippen LogP contribution >= 0.6 is 0 Å². The van der Waals surface area contributed by atoms with E-state index < -0.39 is 11.0 Å². The Hall–Kier alpha value is -0.900. The molecule has 188 valence electrons. The Balaban J connectivity index is 1.52. The van der Waals surface area contributed by atoms with E-state index in [4.69, 9.17) is 4.74 Å². The van der Waals surface area contributed by atoms with Gasteiger partial charge in [-0.3, -0.25) is 9.59 Å². The zero-order chi connectivity index (χ0) is 24.2. The lowest BCUT2D eigenvalue weighted by Gasteiger charge is -2.63. The SMILES string of the molecule is CC(=O)O[C@H]1CC[C@]2(C)[C@H]3CC[C@]4(C)[C@@H]([C@H](C)CCCC(C)C)CC[C@H]4[C@H]3CC(=O)[C@@]2(O)C1. The Bertz CT molecular complexity index is 761. The number of rotatable bonds is 6. The summed E-state index contributed by atoms with van der Waals surface area (Å²) < 4.78 is 5.46. The van der Waals surface area contributed by atoms with E-state index in [2.05, 4.69) is 34.6 Å². The van der Waals surface area contributed by atoms with Gasteiger partial charge in [0.05, 0.1) is 0 Å². The Morgan fingerprint density at radius 3 is 2.45 bits per heavy atom. The van der Waals surface area contributed by atoms with Crippen molar-refractivity contribution in [2.45, 2.75) is 124 Å². The number of carbonyl (C=O) groups is 2. The van der Waals surface area contributed by atoms with Crippen LogP contribution in [0.15, 0.2) is 0 Å². The maximum Gasteiger partial charge on any atom is 0.302 e. The second-order valence-corrected chi connectivity index (χ2v) is 13.3. The summed E-state index contributed by atoms with van der Waals surface area (Å²) in [5, 5.41) is 11.8. The lowest BCUT2D eigenvalue weighted by molar-refractivity contribution is -0.217. The molecular formula is C29H48O4. The van der Waals surface area contributed by atoms with Crippen LogP contribution in [-0.4, -0.2) is 28.6 Å². The van der Waals surface area contributed by atoms with E-state index >= 15 is 0 Å². The van der Waals surface area contributed by atoms with Crippen LogP contribution in [0, 0.1) is 46.3 Å². The Morgan fingerprint density at radius 1 is 1.06 bits per heavy atom. The van der Waals surface area contributed by atoms with Gasteiger partial charge in [-0.2, -0.15) is 0 Å². The molecule has 4 heteroatoms. The molecule has 0 unspecified atom stereocenters. The maximum atomic E-state index is 13.6. The quantitative estimate of drug-likeness (QED) is 0.470. The van der Waals surface area contributed by atoms with Crippen molar-refractivity contribution in [3.05, 3.63) is 0 Å². The van der Waals surface area contributed by atoms with Crippen molar-refractivity contribution < 1.29 is 19.4 Å². The van der Waals surface area contributed by atoms with Gasteiger partial charge in [0.25, 0.3) is 0 Å². The highest BCUT2D eigenvalue weighted by Crippen LogP contribution is 2.68. The zero-order valence-electron chi connectivity index (χ0n) is 22.0. The van der Waals surface area contributed by atoms with Gasteiger partial charge in [0, 0.05) is 25.2 Å². The monoisotopic (exact) mass is 460 g/mol. The molecule has 4 rings (SSSR count). The van der Waals surface area contributed by atoms with Crippen LogP contribution in [0.25, 0.3) is 0 Å². The molecular weight excluding hydrogens is 412 g/mol. The van der Waals surface area contributed by atoms with Crippen LogP contribution in [0.1, 0.15) is 112 Å². The molecule has 0 heterocycles. The van der Waals surface area contributed by atoms with Gasteiger partial charge in [-0.1, -0.05) is 53.9 Å². The highest BCUT2D eigenvalue weighted by Gasteiger charge is 2.68. The highest BCUT2D eigenvalue weighted by molar-refractivity contribution is 5.89. The number of fused-ring (bicyclic) bond motifs is 5. The average Bonchev–Trinajstić information content (AvgIpc) is 3.07. The van der Waals surface area contributed by atoms with E-state index in [1.165, 1.54) is 45.4 Å². The van der Waals surface area contributed by atoms with Crippen LogP contribution in [-0.2, 0) is 14.3 Å².